The Morgan fingerprint density at radius 2 is 1.74 bits per heavy atom. The first-order valence-electron chi connectivity index (χ1n) is 10.7. The highest BCUT2D eigenvalue weighted by Gasteiger charge is 2.46. The van der Waals surface area contributed by atoms with Crippen molar-refractivity contribution in [1.29, 1.82) is 0 Å². The summed E-state index contributed by atoms with van der Waals surface area (Å²) in [4.78, 5) is 31.1. The third-order valence-electron chi connectivity index (χ3n) is 6.10. The van der Waals surface area contributed by atoms with Gasteiger partial charge in [0.2, 0.25) is 0 Å². The van der Waals surface area contributed by atoms with Crippen LogP contribution in [0.2, 0.25) is 5.02 Å². The highest BCUT2D eigenvalue weighted by atomic mass is 35.5. The minimum atomic E-state index is -0.796. The lowest BCUT2D eigenvalue weighted by Crippen LogP contribution is -2.29. The number of benzene rings is 3. The van der Waals surface area contributed by atoms with E-state index >= 15 is 0 Å². The highest BCUT2D eigenvalue weighted by molar-refractivity contribution is 6.46. The molecule has 1 saturated heterocycles. The number of Topliss-reactive ketones (excluding diaryl/α,β-unsaturated/α-hetero) is 1. The number of para-hydroxylation sites is 2. The Morgan fingerprint density at radius 3 is 2.50 bits per heavy atom. The van der Waals surface area contributed by atoms with Crippen LogP contribution in [-0.4, -0.2) is 33.8 Å². The number of methoxy groups -OCH3 is 1. The summed E-state index contributed by atoms with van der Waals surface area (Å²) in [5.41, 5.74) is 2.73. The van der Waals surface area contributed by atoms with Crippen molar-refractivity contribution in [3.63, 3.8) is 0 Å². The van der Waals surface area contributed by atoms with Gasteiger partial charge in [0.1, 0.15) is 11.5 Å². The summed E-state index contributed by atoms with van der Waals surface area (Å²) in [5, 5.41) is 12.7. The van der Waals surface area contributed by atoms with Crippen molar-refractivity contribution in [2.45, 2.75) is 12.6 Å². The van der Waals surface area contributed by atoms with Crippen LogP contribution in [0.5, 0.6) is 5.75 Å². The van der Waals surface area contributed by atoms with E-state index in [4.69, 9.17) is 16.3 Å². The molecule has 0 aliphatic carbocycles. The Bertz CT molecular complexity index is 1440. The molecule has 1 aromatic heterocycles. The number of H-pyrrole nitrogens is 1. The van der Waals surface area contributed by atoms with Gasteiger partial charge in [-0.3, -0.25) is 9.59 Å². The van der Waals surface area contributed by atoms with Crippen LogP contribution in [0, 0.1) is 0 Å². The predicted molar refractivity (Wildman–Crippen MR) is 131 cm³/mol. The number of aromatic nitrogens is 1. The molecule has 0 saturated carbocycles. The average Bonchev–Trinajstić information content (AvgIpc) is 3.39. The summed E-state index contributed by atoms with van der Waals surface area (Å²) >= 11 is 6.10. The summed E-state index contributed by atoms with van der Waals surface area (Å²) in [6.45, 7) is 0.131. The molecule has 1 unspecified atom stereocenters. The van der Waals surface area contributed by atoms with E-state index in [0.29, 0.717) is 21.9 Å². The standard InChI is InChI=1S/C27H21ClN2O4/c1-34-22-9-5-2-6-17(22)15-30-24(16-10-12-18(28)13-11-16)23(26(32)27(30)33)25(31)20-14-29-21-8-4-3-7-19(20)21/h2-14,24,29,31H,15H2,1H3/b25-23-. The summed E-state index contributed by atoms with van der Waals surface area (Å²) in [5.74, 6) is -1.04. The first-order valence-corrected chi connectivity index (χ1v) is 11.1. The van der Waals surface area contributed by atoms with Gasteiger partial charge < -0.3 is 19.7 Å². The molecule has 1 aliphatic heterocycles. The van der Waals surface area contributed by atoms with Gasteiger partial charge in [-0.2, -0.15) is 0 Å². The molecule has 1 aliphatic rings. The van der Waals surface area contributed by atoms with E-state index in [2.05, 4.69) is 4.98 Å². The second kappa shape index (κ2) is 8.72. The maximum Gasteiger partial charge on any atom is 0.295 e. The lowest BCUT2D eigenvalue weighted by Gasteiger charge is -2.26. The van der Waals surface area contributed by atoms with Crippen molar-refractivity contribution < 1.29 is 19.4 Å². The quantitative estimate of drug-likeness (QED) is 0.230. The van der Waals surface area contributed by atoms with Gasteiger partial charge in [-0.05, 0) is 29.8 Å². The molecule has 170 valence electrons. The number of likely N-dealkylation sites (tertiary alicyclic amines) is 1. The Hall–Kier alpha value is -4.03. The second-order valence-corrected chi connectivity index (χ2v) is 8.47. The van der Waals surface area contributed by atoms with E-state index in [1.54, 1.807) is 43.6 Å². The van der Waals surface area contributed by atoms with Gasteiger partial charge in [-0.15, -0.1) is 0 Å². The molecule has 3 aromatic carbocycles. The van der Waals surface area contributed by atoms with Gasteiger partial charge in [0.15, 0.2) is 0 Å². The number of fused-ring (bicyclic) bond motifs is 1. The molecular formula is C27H21ClN2O4. The van der Waals surface area contributed by atoms with Crippen LogP contribution in [0.15, 0.2) is 84.6 Å². The molecule has 0 bridgehead atoms. The van der Waals surface area contributed by atoms with Crippen LogP contribution in [0.1, 0.15) is 22.7 Å². The lowest BCUT2D eigenvalue weighted by molar-refractivity contribution is -0.140. The van der Waals surface area contributed by atoms with Crippen LogP contribution in [0.3, 0.4) is 0 Å². The monoisotopic (exact) mass is 472 g/mol. The third kappa shape index (κ3) is 3.62. The second-order valence-electron chi connectivity index (χ2n) is 8.04. The number of nitrogens with one attached hydrogen (secondary N) is 1. The van der Waals surface area contributed by atoms with Crippen LogP contribution < -0.4 is 4.74 Å². The van der Waals surface area contributed by atoms with Crippen molar-refractivity contribution in [2.24, 2.45) is 0 Å². The zero-order chi connectivity index (χ0) is 23.8. The number of nitrogens with zero attached hydrogens (tertiary/aromatic N) is 1. The molecular weight excluding hydrogens is 452 g/mol. The van der Waals surface area contributed by atoms with E-state index in [1.807, 2.05) is 42.5 Å². The average molecular weight is 473 g/mol. The summed E-state index contributed by atoms with van der Waals surface area (Å²) in [6, 6.07) is 20.9. The SMILES string of the molecule is COc1ccccc1CN1C(=O)C(=O)/C(=C(\O)c2c[nH]c3ccccc23)C1c1ccc(Cl)cc1. The normalized spacial score (nSPS) is 17.5. The minimum absolute atomic E-state index is 0.0342. The van der Waals surface area contributed by atoms with Gasteiger partial charge in [0.05, 0.1) is 25.3 Å². The summed E-state index contributed by atoms with van der Waals surface area (Å²) in [7, 11) is 1.56. The van der Waals surface area contributed by atoms with Gasteiger partial charge in [0, 0.05) is 33.2 Å². The molecule has 2 N–H and O–H groups in total. The van der Waals surface area contributed by atoms with E-state index in [1.165, 1.54) is 4.90 Å². The topological polar surface area (TPSA) is 82.6 Å². The predicted octanol–water partition coefficient (Wildman–Crippen LogP) is 5.45. The fourth-order valence-corrected chi connectivity index (χ4v) is 4.59. The first kappa shape index (κ1) is 21.8. The number of ketones is 1. The zero-order valence-electron chi connectivity index (χ0n) is 18.3. The summed E-state index contributed by atoms with van der Waals surface area (Å²) < 4.78 is 5.45. The maximum atomic E-state index is 13.3. The number of halogens is 1. The van der Waals surface area contributed by atoms with Gasteiger partial charge in [0.25, 0.3) is 11.7 Å². The molecule has 0 radical (unpaired) electrons. The van der Waals surface area contributed by atoms with E-state index in [9.17, 15) is 14.7 Å². The van der Waals surface area contributed by atoms with Crippen LogP contribution >= 0.6 is 11.6 Å². The first-order chi connectivity index (χ1) is 16.5. The molecule has 1 atom stereocenters. The van der Waals surface area contributed by atoms with Crippen molar-refractivity contribution in [2.75, 3.05) is 7.11 Å². The molecule has 0 spiro atoms. The Morgan fingerprint density at radius 1 is 1.03 bits per heavy atom. The van der Waals surface area contributed by atoms with E-state index in [0.717, 1.165) is 16.5 Å². The fraction of sp³-hybridized carbons (Fsp3) is 0.111. The van der Waals surface area contributed by atoms with Crippen molar-refractivity contribution in [1.82, 2.24) is 9.88 Å². The number of ether oxygens (including phenoxy) is 1. The van der Waals surface area contributed by atoms with Gasteiger partial charge >= 0.3 is 0 Å². The number of amides is 1. The van der Waals surface area contributed by atoms with Crippen molar-refractivity contribution in [3.05, 3.63) is 106 Å². The zero-order valence-corrected chi connectivity index (χ0v) is 19.0. The van der Waals surface area contributed by atoms with E-state index in [-0.39, 0.29) is 17.9 Å². The minimum Gasteiger partial charge on any atom is -0.507 e. The molecule has 7 heteroatoms. The van der Waals surface area contributed by atoms with Gasteiger partial charge in [-0.25, -0.2) is 0 Å². The van der Waals surface area contributed by atoms with Crippen molar-refractivity contribution in [3.8, 4) is 5.75 Å². The fourth-order valence-electron chi connectivity index (χ4n) is 4.46. The highest BCUT2D eigenvalue weighted by Crippen LogP contribution is 2.42. The molecule has 4 aromatic rings. The van der Waals surface area contributed by atoms with E-state index < -0.39 is 17.7 Å². The number of hydrogen-bond acceptors (Lipinski definition) is 4. The smallest absolute Gasteiger partial charge is 0.295 e. The molecule has 6 nitrogen and oxygen atoms in total. The number of hydrogen-bond donors (Lipinski definition) is 2. The van der Waals surface area contributed by atoms with Crippen LogP contribution in [0.4, 0.5) is 0 Å². The lowest BCUT2D eigenvalue weighted by atomic mass is 9.95. The van der Waals surface area contributed by atoms with Crippen molar-refractivity contribution >= 4 is 40.0 Å². The molecule has 1 amide bonds. The Labute approximate surface area is 201 Å². The number of aromatic amines is 1. The Balaban J connectivity index is 1.69. The van der Waals surface area contributed by atoms with Crippen LogP contribution in [0.25, 0.3) is 16.7 Å². The number of carbonyl (C=O) groups is 2. The summed E-state index contributed by atoms with van der Waals surface area (Å²) in [6.07, 6.45) is 1.65. The number of rotatable bonds is 5. The third-order valence-corrected chi connectivity index (χ3v) is 6.36. The van der Waals surface area contributed by atoms with Crippen LogP contribution in [-0.2, 0) is 16.1 Å². The molecule has 5 rings (SSSR count). The number of aliphatic hydroxyl groups excluding tert-OH is 1. The van der Waals surface area contributed by atoms with Gasteiger partial charge in [-0.1, -0.05) is 60.1 Å². The number of carbonyl (C=O) groups excluding carboxylic acids is 2. The molecule has 34 heavy (non-hydrogen) atoms. The largest absolute Gasteiger partial charge is 0.507 e. The maximum absolute atomic E-state index is 13.3. The Kier molecular flexibility index (Phi) is 5.59. The number of aliphatic hydroxyl groups is 1. The molecule has 2 heterocycles. The molecule has 1 fully saturated rings.